The van der Waals surface area contributed by atoms with E-state index in [1.54, 1.807) is 0 Å². The first kappa shape index (κ1) is 19.2. The fourth-order valence-corrected chi connectivity index (χ4v) is 2.97. The van der Waals surface area contributed by atoms with E-state index in [0.29, 0.717) is 0 Å². The third-order valence-electron chi connectivity index (χ3n) is 4.46. The van der Waals surface area contributed by atoms with Gasteiger partial charge < -0.3 is 0 Å². The standard InChI is InChI=1S/C26H22N4/c1-5-13-21(14-6-1)25(29-27-23-17-9-3-10-18-23)26(22-15-7-2-8-16-22)30-28-24-19-11-4-12-20-24/h1-20,27-28H/b29-25-,30-26-. The topological polar surface area (TPSA) is 48.8 Å². The molecule has 2 N–H and O–H groups in total. The minimum absolute atomic E-state index is 0.745. The summed E-state index contributed by atoms with van der Waals surface area (Å²) in [5, 5.41) is 9.50. The molecule has 146 valence electrons. The minimum atomic E-state index is 0.745. The van der Waals surface area contributed by atoms with Crippen molar-refractivity contribution in [2.45, 2.75) is 0 Å². The van der Waals surface area contributed by atoms with Crippen LogP contribution in [0.4, 0.5) is 11.4 Å². The zero-order chi connectivity index (χ0) is 20.4. The summed E-state index contributed by atoms with van der Waals surface area (Å²) in [6.45, 7) is 0. The Morgan fingerprint density at radius 1 is 0.400 bits per heavy atom. The van der Waals surface area contributed by atoms with E-state index >= 15 is 0 Å². The smallest absolute Gasteiger partial charge is 0.119 e. The second-order valence-electron chi connectivity index (χ2n) is 6.61. The van der Waals surface area contributed by atoms with Gasteiger partial charge >= 0.3 is 0 Å². The molecule has 0 amide bonds. The Labute approximate surface area is 176 Å². The fourth-order valence-electron chi connectivity index (χ4n) is 2.97. The molecule has 0 radical (unpaired) electrons. The van der Waals surface area contributed by atoms with Crippen LogP contribution in [0.2, 0.25) is 0 Å². The van der Waals surface area contributed by atoms with Crippen molar-refractivity contribution in [1.82, 2.24) is 0 Å². The fraction of sp³-hybridized carbons (Fsp3) is 0. The van der Waals surface area contributed by atoms with Crippen LogP contribution in [0.3, 0.4) is 0 Å². The Morgan fingerprint density at radius 3 is 1.03 bits per heavy atom. The number of para-hydroxylation sites is 2. The molecular formula is C26H22N4. The number of rotatable bonds is 7. The molecule has 0 saturated carbocycles. The predicted molar refractivity (Wildman–Crippen MR) is 126 cm³/mol. The zero-order valence-corrected chi connectivity index (χ0v) is 16.4. The van der Waals surface area contributed by atoms with Crippen molar-refractivity contribution in [3.05, 3.63) is 132 Å². The molecule has 4 heteroatoms. The Bertz CT molecular complexity index is 1010. The number of hydrazone groups is 2. The molecule has 0 bridgehead atoms. The summed E-state index contributed by atoms with van der Waals surface area (Å²) in [5.41, 5.74) is 11.6. The van der Waals surface area contributed by atoms with Crippen molar-refractivity contribution in [2.75, 3.05) is 10.9 Å². The molecule has 4 rings (SSSR count). The highest BCUT2D eigenvalue weighted by Crippen LogP contribution is 2.14. The second-order valence-corrected chi connectivity index (χ2v) is 6.61. The molecule has 4 aromatic rings. The number of nitrogens with zero attached hydrogens (tertiary/aromatic N) is 2. The molecule has 0 saturated heterocycles. The molecule has 30 heavy (non-hydrogen) atoms. The van der Waals surface area contributed by atoms with Crippen LogP contribution < -0.4 is 10.9 Å². The van der Waals surface area contributed by atoms with Crippen LogP contribution in [0, 0.1) is 0 Å². The molecule has 0 aliphatic carbocycles. The second kappa shape index (κ2) is 9.85. The van der Waals surface area contributed by atoms with Crippen molar-refractivity contribution < 1.29 is 0 Å². The average molecular weight is 390 g/mol. The summed E-state index contributed by atoms with van der Waals surface area (Å²) in [6.07, 6.45) is 0. The minimum Gasteiger partial charge on any atom is -0.278 e. The van der Waals surface area contributed by atoms with Gasteiger partial charge in [0, 0.05) is 11.1 Å². The maximum atomic E-state index is 4.75. The Kier molecular flexibility index (Phi) is 6.28. The first-order chi connectivity index (χ1) is 14.9. The van der Waals surface area contributed by atoms with Gasteiger partial charge in [-0.15, -0.1) is 0 Å². The molecule has 0 aliphatic heterocycles. The van der Waals surface area contributed by atoms with Gasteiger partial charge in [0.1, 0.15) is 11.4 Å². The van der Waals surface area contributed by atoms with Crippen LogP contribution in [0.15, 0.2) is 132 Å². The number of anilines is 2. The highest BCUT2D eigenvalue weighted by Gasteiger charge is 2.15. The predicted octanol–water partition coefficient (Wildman–Crippen LogP) is 6.02. The van der Waals surface area contributed by atoms with E-state index in [2.05, 4.69) is 10.9 Å². The van der Waals surface area contributed by atoms with Crippen molar-refractivity contribution in [2.24, 2.45) is 10.2 Å². The SMILES string of the molecule is c1ccc(N/N=C(\C(=N/Nc2ccccc2)c2ccccc2)c2ccccc2)cc1. The highest BCUT2D eigenvalue weighted by atomic mass is 15.3. The maximum Gasteiger partial charge on any atom is 0.119 e. The summed E-state index contributed by atoms with van der Waals surface area (Å²) >= 11 is 0. The Morgan fingerprint density at radius 2 is 0.700 bits per heavy atom. The van der Waals surface area contributed by atoms with Crippen LogP contribution in [0.1, 0.15) is 11.1 Å². The van der Waals surface area contributed by atoms with Crippen molar-refractivity contribution in [3.8, 4) is 0 Å². The van der Waals surface area contributed by atoms with Gasteiger partial charge in [-0.1, -0.05) is 97.1 Å². The number of hydrogen-bond acceptors (Lipinski definition) is 4. The van der Waals surface area contributed by atoms with Gasteiger partial charge in [-0.3, -0.25) is 10.9 Å². The lowest BCUT2D eigenvalue weighted by Gasteiger charge is -2.12. The van der Waals surface area contributed by atoms with E-state index in [1.807, 2.05) is 121 Å². The lowest BCUT2D eigenvalue weighted by molar-refractivity contribution is 1.31. The van der Waals surface area contributed by atoms with Crippen molar-refractivity contribution in [1.29, 1.82) is 0 Å². The summed E-state index contributed by atoms with van der Waals surface area (Å²) in [5.74, 6) is 0. The zero-order valence-electron chi connectivity index (χ0n) is 16.4. The van der Waals surface area contributed by atoms with E-state index in [1.165, 1.54) is 0 Å². The third-order valence-corrected chi connectivity index (χ3v) is 4.46. The van der Waals surface area contributed by atoms with Gasteiger partial charge in [0.25, 0.3) is 0 Å². The first-order valence-corrected chi connectivity index (χ1v) is 9.79. The van der Waals surface area contributed by atoms with Crippen molar-refractivity contribution in [3.63, 3.8) is 0 Å². The largest absolute Gasteiger partial charge is 0.278 e. The van der Waals surface area contributed by atoms with Gasteiger partial charge in [-0.25, -0.2) is 0 Å². The van der Waals surface area contributed by atoms with Gasteiger partial charge in [0.2, 0.25) is 0 Å². The number of nitrogens with one attached hydrogen (secondary N) is 2. The molecule has 0 fully saturated rings. The molecule has 4 aromatic carbocycles. The number of hydrogen-bond donors (Lipinski definition) is 2. The van der Waals surface area contributed by atoms with E-state index in [0.717, 1.165) is 33.9 Å². The highest BCUT2D eigenvalue weighted by molar-refractivity contribution is 6.53. The summed E-state index contributed by atoms with van der Waals surface area (Å²) in [7, 11) is 0. The Balaban J connectivity index is 1.78. The van der Waals surface area contributed by atoms with E-state index in [9.17, 15) is 0 Å². The Hall–Kier alpha value is -4.18. The van der Waals surface area contributed by atoms with E-state index in [-0.39, 0.29) is 0 Å². The normalized spacial score (nSPS) is 11.7. The average Bonchev–Trinajstić information content (AvgIpc) is 2.83. The molecule has 0 unspecified atom stereocenters. The molecule has 0 heterocycles. The van der Waals surface area contributed by atoms with Gasteiger partial charge in [-0.05, 0) is 24.3 Å². The third kappa shape index (κ3) is 5.00. The van der Waals surface area contributed by atoms with Gasteiger partial charge in [-0.2, -0.15) is 10.2 Å². The molecule has 0 atom stereocenters. The molecule has 0 aromatic heterocycles. The lowest BCUT2D eigenvalue weighted by atomic mass is 10.00. The van der Waals surface area contributed by atoms with Crippen LogP contribution in [0.5, 0.6) is 0 Å². The van der Waals surface area contributed by atoms with Crippen molar-refractivity contribution >= 4 is 22.8 Å². The summed E-state index contributed by atoms with van der Waals surface area (Å²) in [4.78, 5) is 0. The molecule has 4 nitrogen and oxygen atoms in total. The molecular weight excluding hydrogens is 368 g/mol. The monoisotopic (exact) mass is 390 g/mol. The van der Waals surface area contributed by atoms with Crippen LogP contribution in [-0.2, 0) is 0 Å². The van der Waals surface area contributed by atoms with E-state index in [4.69, 9.17) is 10.2 Å². The lowest BCUT2D eigenvalue weighted by Crippen LogP contribution is -2.20. The van der Waals surface area contributed by atoms with Gasteiger partial charge in [0.05, 0.1) is 11.4 Å². The summed E-state index contributed by atoms with van der Waals surface area (Å²) < 4.78 is 0. The van der Waals surface area contributed by atoms with Crippen LogP contribution >= 0.6 is 0 Å². The van der Waals surface area contributed by atoms with E-state index < -0.39 is 0 Å². The summed E-state index contributed by atoms with van der Waals surface area (Å²) in [6, 6.07) is 39.9. The molecule has 0 aliphatic rings. The molecule has 0 spiro atoms. The van der Waals surface area contributed by atoms with Crippen LogP contribution in [0.25, 0.3) is 0 Å². The number of benzene rings is 4. The quantitative estimate of drug-likeness (QED) is 0.299. The van der Waals surface area contributed by atoms with Gasteiger partial charge in [0.15, 0.2) is 0 Å². The first-order valence-electron chi connectivity index (χ1n) is 9.79. The maximum absolute atomic E-state index is 4.75. The van der Waals surface area contributed by atoms with Crippen LogP contribution in [-0.4, -0.2) is 11.4 Å².